The average Bonchev–Trinajstić information content (AvgIpc) is 2.49. The smallest absolute Gasteiger partial charge is 0.119 e. The largest absolute Gasteiger partial charge is 0.368 e. The zero-order chi connectivity index (χ0) is 14.1. The standard InChI is InChI=1S/C14H14FN5/c15-10-3-6-20(8-11(10)17)12-2-1-9(7-16)13-14(12)19-5-4-18-13/h1-2,4-5,10-11H,3,6,8,17H2. The van der Waals surface area contributed by atoms with Gasteiger partial charge in [-0.25, -0.2) is 4.39 Å². The first-order chi connectivity index (χ1) is 9.70. The van der Waals surface area contributed by atoms with Crippen molar-refractivity contribution in [3.63, 3.8) is 0 Å². The molecule has 0 saturated carbocycles. The van der Waals surface area contributed by atoms with Crippen LogP contribution in [0.15, 0.2) is 24.5 Å². The highest BCUT2D eigenvalue weighted by atomic mass is 19.1. The maximum Gasteiger partial charge on any atom is 0.119 e. The summed E-state index contributed by atoms with van der Waals surface area (Å²) in [4.78, 5) is 10.6. The molecule has 2 atom stereocenters. The fourth-order valence-electron chi connectivity index (χ4n) is 2.56. The predicted octanol–water partition coefficient (Wildman–Crippen LogP) is 1.38. The van der Waals surface area contributed by atoms with Crippen LogP contribution in [0.1, 0.15) is 12.0 Å². The molecule has 1 aliphatic rings. The molecule has 0 radical (unpaired) electrons. The van der Waals surface area contributed by atoms with Crippen molar-refractivity contribution in [3.8, 4) is 6.07 Å². The molecule has 20 heavy (non-hydrogen) atoms. The molecule has 1 fully saturated rings. The molecular weight excluding hydrogens is 257 g/mol. The molecule has 3 rings (SSSR count). The van der Waals surface area contributed by atoms with E-state index in [4.69, 9.17) is 11.0 Å². The van der Waals surface area contributed by atoms with E-state index in [0.29, 0.717) is 36.1 Å². The Balaban J connectivity index is 2.07. The van der Waals surface area contributed by atoms with Gasteiger partial charge in [-0.2, -0.15) is 5.26 Å². The molecule has 1 aliphatic heterocycles. The van der Waals surface area contributed by atoms with Crippen molar-refractivity contribution in [2.45, 2.75) is 18.6 Å². The monoisotopic (exact) mass is 271 g/mol. The van der Waals surface area contributed by atoms with Crippen molar-refractivity contribution in [2.75, 3.05) is 18.0 Å². The van der Waals surface area contributed by atoms with Gasteiger partial charge < -0.3 is 10.6 Å². The minimum Gasteiger partial charge on any atom is -0.368 e. The fraction of sp³-hybridized carbons (Fsp3) is 0.357. The lowest BCUT2D eigenvalue weighted by Crippen LogP contribution is -2.49. The van der Waals surface area contributed by atoms with E-state index in [1.54, 1.807) is 18.5 Å². The number of benzene rings is 1. The number of nitrogens with two attached hydrogens (primary N) is 1. The van der Waals surface area contributed by atoms with Gasteiger partial charge in [-0.05, 0) is 18.6 Å². The highest BCUT2D eigenvalue weighted by molar-refractivity contribution is 5.91. The Hall–Kier alpha value is -2.26. The van der Waals surface area contributed by atoms with Crippen LogP contribution in [0.4, 0.5) is 10.1 Å². The Bertz CT molecular complexity index is 681. The number of nitrogens with zero attached hydrogens (tertiary/aromatic N) is 4. The molecule has 2 N–H and O–H groups in total. The van der Waals surface area contributed by atoms with E-state index >= 15 is 0 Å². The van der Waals surface area contributed by atoms with E-state index in [2.05, 4.69) is 16.0 Å². The molecular formula is C14H14FN5. The number of piperidine rings is 1. The first kappa shape index (κ1) is 12.8. The number of halogens is 1. The first-order valence-electron chi connectivity index (χ1n) is 6.49. The maximum atomic E-state index is 13.5. The molecule has 1 aromatic heterocycles. The Morgan fingerprint density at radius 1 is 1.30 bits per heavy atom. The fourth-order valence-corrected chi connectivity index (χ4v) is 2.56. The second-order valence-corrected chi connectivity index (χ2v) is 4.91. The van der Waals surface area contributed by atoms with Gasteiger partial charge in [-0.3, -0.25) is 9.97 Å². The van der Waals surface area contributed by atoms with Crippen LogP contribution in [0.2, 0.25) is 0 Å². The van der Waals surface area contributed by atoms with Gasteiger partial charge in [0, 0.05) is 25.5 Å². The zero-order valence-corrected chi connectivity index (χ0v) is 10.8. The average molecular weight is 271 g/mol. The highest BCUT2D eigenvalue weighted by Crippen LogP contribution is 2.28. The summed E-state index contributed by atoms with van der Waals surface area (Å²) in [5, 5.41) is 9.11. The van der Waals surface area contributed by atoms with Crippen molar-refractivity contribution in [2.24, 2.45) is 5.73 Å². The van der Waals surface area contributed by atoms with Crippen molar-refractivity contribution < 1.29 is 4.39 Å². The van der Waals surface area contributed by atoms with Gasteiger partial charge in [-0.15, -0.1) is 0 Å². The van der Waals surface area contributed by atoms with E-state index in [1.165, 1.54) is 0 Å². The van der Waals surface area contributed by atoms with Crippen LogP contribution in [0.5, 0.6) is 0 Å². The molecule has 1 aromatic carbocycles. The minimum atomic E-state index is -0.956. The van der Waals surface area contributed by atoms with Gasteiger partial charge in [0.25, 0.3) is 0 Å². The number of alkyl halides is 1. The summed E-state index contributed by atoms with van der Waals surface area (Å²) in [6, 6.07) is 5.17. The van der Waals surface area contributed by atoms with Crippen molar-refractivity contribution in [1.82, 2.24) is 9.97 Å². The lowest BCUT2D eigenvalue weighted by atomic mass is 10.0. The third-order valence-corrected chi connectivity index (χ3v) is 3.64. The molecule has 2 unspecified atom stereocenters. The zero-order valence-electron chi connectivity index (χ0n) is 10.8. The Labute approximate surface area is 115 Å². The van der Waals surface area contributed by atoms with Gasteiger partial charge in [0.1, 0.15) is 23.3 Å². The molecule has 0 aliphatic carbocycles. The predicted molar refractivity (Wildman–Crippen MR) is 74.0 cm³/mol. The van der Waals surface area contributed by atoms with E-state index in [1.807, 2.05) is 11.0 Å². The molecule has 102 valence electrons. The summed E-state index contributed by atoms with van der Waals surface area (Å²) < 4.78 is 13.5. The normalized spacial score (nSPS) is 22.8. The number of fused-ring (bicyclic) bond motifs is 1. The quantitative estimate of drug-likeness (QED) is 0.847. The third-order valence-electron chi connectivity index (χ3n) is 3.64. The van der Waals surface area contributed by atoms with Crippen LogP contribution >= 0.6 is 0 Å². The lowest BCUT2D eigenvalue weighted by molar-refractivity contribution is 0.245. The molecule has 2 heterocycles. The minimum absolute atomic E-state index is 0.406. The van der Waals surface area contributed by atoms with Gasteiger partial charge in [-0.1, -0.05) is 0 Å². The molecule has 1 saturated heterocycles. The van der Waals surface area contributed by atoms with E-state index in [-0.39, 0.29) is 0 Å². The van der Waals surface area contributed by atoms with Gasteiger partial charge in [0.15, 0.2) is 0 Å². The van der Waals surface area contributed by atoms with Crippen LogP contribution in [0, 0.1) is 11.3 Å². The second-order valence-electron chi connectivity index (χ2n) is 4.91. The number of nitriles is 1. The Morgan fingerprint density at radius 3 is 2.75 bits per heavy atom. The SMILES string of the molecule is N#Cc1ccc(N2CCC(F)C(N)C2)c2nccnc12. The molecule has 0 amide bonds. The van der Waals surface area contributed by atoms with Crippen LogP contribution in [0.25, 0.3) is 11.0 Å². The Morgan fingerprint density at radius 2 is 2.05 bits per heavy atom. The summed E-state index contributed by atoms with van der Waals surface area (Å²) in [5.41, 5.74) is 8.38. The van der Waals surface area contributed by atoms with E-state index < -0.39 is 12.2 Å². The summed E-state index contributed by atoms with van der Waals surface area (Å²) in [7, 11) is 0. The molecule has 2 aromatic rings. The number of aromatic nitrogens is 2. The number of anilines is 1. The van der Waals surface area contributed by atoms with Gasteiger partial charge in [0.2, 0.25) is 0 Å². The molecule has 0 bridgehead atoms. The molecule has 5 nitrogen and oxygen atoms in total. The second kappa shape index (κ2) is 5.02. The van der Waals surface area contributed by atoms with Crippen molar-refractivity contribution >= 4 is 16.7 Å². The maximum absolute atomic E-state index is 13.5. The summed E-state index contributed by atoms with van der Waals surface area (Å²) in [6.07, 6.45) is 2.60. The summed E-state index contributed by atoms with van der Waals surface area (Å²) in [5.74, 6) is 0. The van der Waals surface area contributed by atoms with Crippen LogP contribution in [-0.4, -0.2) is 35.3 Å². The summed E-state index contributed by atoms with van der Waals surface area (Å²) >= 11 is 0. The lowest BCUT2D eigenvalue weighted by Gasteiger charge is -2.35. The van der Waals surface area contributed by atoms with Crippen molar-refractivity contribution in [1.29, 1.82) is 5.26 Å². The molecule has 6 heteroatoms. The number of hydrogen-bond acceptors (Lipinski definition) is 5. The van der Waals surface area contributed by atoms with Crippen molar-refractivity contribution in [3.05, 3.63) is 30.1 Å². The highest BCUT2D eigenvalue weighted by Gasteiger charge is 2.27. The topological polar surface area (TPSA) is 78.8 Å². The van der Waals surface area contributed by atoms with Crippen LogP contribution in [0.3, 0.4) is 0 Å². The summed E-state index contributed by atoms with van der Waals surface area (Å²) in [6.45, 7) is 1.03. The van der Waals surface area contributed by atoms with Crippen LogP contribution in [-0.2, 0) is 0 Å². The van der Waals surface area contributed by atoms with E-state index in [9.17, 15) is 4.39 Å². The molecule has 0 spiro atoms. The number of rotatable bonds is 1. The Kier molecular flexibility index (Phi) is 3.20. The van der Waals surface area contributed by atoms with Gasteiger partial charge >= 0.3 is 0 Å². The van der Waals surface area contributed by atoms with Crippen LogP contribution < -0.4 is 10.6 Å². The number of hydrogen-bond donors (Lipinski definition) is 1. The first-order valence-corrected chi connectivity index (χ1v) is 6.49. The van der Waals surface area contributed by atoms with Gasteiger partial charge in [0.05, 0.1) is 17.3 Å². The van der Waals surface area contributed by atoms with E-state index in [0.717, 1.165) is 5.69 Å². The third kappa shape index (κ3) is 2.06.